The van der Waals surface area contributed by atoms with Crippen molar-refractivity contribution in [3.05, 3.63) is 142 Å². The molecule has 0 aliphatic carbocycles. The predicted molar refractivity (Wildman–Crippen MR) is 151 cm³/mol. The number of aromatic nitrogens is 1. The Bertz CT molecular complexity index is 1670. The monoisotopic (exact) mass is 582 g/mol. The third kappa shape index (κ3) is 6.68. The Hall–Kier alpha value is -5.55. The van der Waals surface area contributed by atoms with Crippen molar-refractivity contribution in [2.75, 3.05) is 6.61 Å². The van der Waals surface area contributed by atoms with Crippen LogP contribution in [0, 0.1) is 0 Å². The third-order valence-corrected chi connectivity index (χ3v) is 6.68. The molecule has 1 fully saturated rings. The van der Waals surface area contributed by atoms with Crippen LogP contribution in [-0.2, 0) is 18.9 Å². The highest BCUT2D eigenvalue weighted by atomic mass is 16.7. The molecule has 1 aromatic heterocycles. The van der Waals surface area contributed by atoms with Gasteiger partial charge in [0.25, 0.3) is 5.56 Å². The normalized spacial score (nSPS) is 19.3. The molecule has 218 valence electrons. The van der Waals surface area contributed by atoms with Crippen LogP contribution >= 0.6 is 0 Å². The van der Waals surface area contributed by atoms with Gasteiger partial charge in [0.05, 0.1) is 22.3 Å². The van der Waals surface area contributed by atoms with Crippen LogP contribution in [0.5, 0.6) is 0 Å². The number of primary amides is 1. The van der Waals surface area contributed by atoms with E-state index in [2.05, 4.69) is 0 Å². The fraction of sp³-hybridized carbons (Fsp3) is 0.156. The minimum Gasteiger partial charge on any atom is -0.459 e. The number of pyridine rings is 1. The van der Waals surface area contributed by atoms with E-state index >= 15 is 0 Å². The van der Waals surface area contributed by atoms with Gasteiger partial charge in [-0.2, -0.15) is 0 Å². The fourth-order valence-electron chi connectivity index (χ4n) is 4.53. The zero-order valence-electron chi connectivity index (χ0n) is 22.6. The molecule has 0 saturated carbocycles. The highest BCUT2D eigenvalue weighted by Crippen LogP contribution is 2.35. The molecule has 4 aromatic rings. The van der Waals surface area contributed by atoms with Crippen molar-refractivity contribution in [3.8, 4) is 0 Å². The fourth-order valence-corrected chi connectivity index (χ4v) is 4.53. The third-order valence-electron chi connectivity index (χ3n) is 6.68. The first-order valence-corrected chi connectivity index (χ1v) is 13.2. The lowest BCUT2D eigenvalue weighted by atomic mass is 10.1. The Balaban J connectivity index is 1.53. The summed E-state index contributed by atoms with van der Waals surface area (Å²) in [6, 6.07) is 26.7. The standard InChI is InChI=1S/C32H26N2O9/c33-28(36)23-16-17-25(35)34(18-23)29-27(43-32(39)22-14-8-3-9-15-22)26(42-31(38)21-12-6-2-7-13-21)24(41-29)19-40-30(37)20-10-4-1-5-11-20/h1-18,24,26-27,29H,19H2,(H2,33,36)/t24-,26+,27+,29-/m1/s1. The van der Waals surface area contributed by atoms with Gasteiger partial charge in [-0.3, -0.25) is 14.2 Å². The Morgan fingerprint density at radius 3 is 1.65 bits per heavy atom. The van der Waals surface area contributed by atoms with Gasteiger partial charge in [-0.25, -0.2) is 14.4 Å². The molecule has 0 bridgehead atoms. The largest absolute Gasteiger partial charge is 0.459 e. The maximum atomic E-state index is 13.2. The summed E-state index contributed by atoms with van der Waals surface area (Å²) in [5.41, 5.74) is 5.46. The number of rotatable bonds is 9. The minimum absolute atomic E-state index is 0.0203. The first-order chi connectivity index (χ1) is 20.8. The summed E-state index contributed by atoms with van der Waals surface area (Å²) in [5.74, 6) is -3.05. The molecule has 1 aliphatic heterocycles. The van der Waals surface area contributed by atoms with E-state index in [0.717, 1.165) is 16.8 Å². The molecule has 11 heteroatoms. The zero-order valence-corrected chi connectivity index (χ0v) is 22.6. The van der Waals surface area contributed by atoms with E-state index in [1.54, 1.807) is 66.7 Å². The van der Waals surface area contributed by atoms with Crippen LogP contribution in [0.15, 0.2) is 114 Å². The molecule has 43 heavy (non-hydrogen) atoms. The molecular formula is C32H26N2O9. The van der Waals surface area contributed by atoms with E-state index in [1.165, 1.54) is 30.3 Å². The first-order valence-electron chi connectivity index (χ1n) is 13.2. The van der Waals surface area contributed by atoms with Crippen LogP contribution in [-0.4, -0.2) is 53.3 Å². The minimum atomic E-state index is -1.42. The maximum Gasteiger partial charge on any atom is 0.338 e. The number of nitrogens with zero attached hydrogens (tertiary/aromatic N) is 1. The lowest BCUT2D eigenvalue weighted by molar-refractivity contribution is -0.0635. The van der Waals surface area contributed by atoms with E-state index < -0.39 is 60.5 Å². The number of benzene rings is 3. The topological polar surface area (TPSA) is 153 Å². The molecule has 0 radical (unpaired) electrons. The van der Waals surface area contributed by atoms with Crippen LogP contribution < -0.4 is 11.3 Å². The summed E-state index contributed by atoms with van der Waals surface area (Å²) >= 11 is 0. The van der Waals surface area contributed by atoms with Crippen molar-refractivity contribution < 1.29 is 38.1 Å². The first kappa shape index (κ1) is 29.0. The smallest absolute Gasteiger partial charge is 0.338 e. The van der Waals surface area contributed by atoms with Crippen LogP contribution in [0.25, 0.3) is 0 Å². The molecular weight excluding hydrogens is 556 g/mol. The highest BCUT2D eigenvalue weighted by molar-refractivity contribution is 5.92. The molecule has 2 heterocycles. The lowest BCUT2D eigenvalue weighted by Crippen LogP contribution is -2.42. The van der Waals surface area contributed by atoms with Gasteiger partial charge >= 0.3 is 17.9 Å². The Morgan fingerprint density at radius 1 is 0.651 bits per heavy atom. The number of amides is 1. The molecule has 11 nitrogen and oxygen atoms in total. The summed E-state index contributed by atoms with van der Waals surface area (Å²) in [6.07, 6.45) is -4.19. The van der Waals surface area contributed by atoms with E-state index in [9.17, 15) is 24.0 Å². The van der Waals surface area contributed by atoms with Crippen molar-refractivity contribution in [2.45, 2.75) is 24.5 Å². The molecule has 5 rings (SSSR count). The Morgan fingerprint density at radius 2 is 1.14 bits per heavy atom. The Kier molecular flexibility index (Phi) is 8.73. The molecule has 4 atom stereocenters. The quantitative estimate of drug-likeness (QED) is 0.232. The zero-order chi connectivity index (χ0) is 30.3. The van der Waals surface area contributed by atoms with Crippen LogP contribution in [0.1, 0.15) is 47.7 Å². The number of carbonyl (C=O) groups is 4. The summed E-state index contributed by atoms with van der Waals surface area (Å²) in [7, 11) is 0. The van der Waals surface area contributed by atoms with E-state index in [-0.39, 0.29) is 22.3 Å². The van der Waals surface area contributed by atoms with Crippen LogP contribution in [0.4, 0.5) is 0 Å². The average molecular weight is 583 g/mol. The molecule has 1 aliphatic rings. The molecule has 0 unspecified atom stereocenters. The van der Waals surface area contributed by atoms with Crippen molar-refractivity contribution in [1.82, 2.24) is 4.57 Å². The number of carbonyl (C=O) groups excluding carboxylic acids is 4. The molecule has 1 saturated heterocycles. The van der Waals surface area contributed by atoms with Crippen LogP contribution in [0.2, 0.25) is 0 Å². The number of ether oxygens (including phenoxy) is 4. The summed E-state index contributed by atoms with van der Waals surface area (Å²) in [6.45, 7) is -0.430. The van der Waals surface area contributed by atoms with Crippen molar-refractivity contribution in [2.24, 2.45) is 5.73 Å². The van der Waals surface area contributed by atoms with Crippen molar-refractivity contribution in [1.29, 1.82) is 0 Å². The van der Waals surface area contributed by atoms with Gasteiger partial charge in [0.15, 0.2) is 18.4 Å². The molecule has 1 amide bonds. The van der Waals surface area contributed by atoms with Crippen LogP contribution in [0.3, 0.4) is 0 Å². The van der Waals surface area contributed by atoms with Crippen molar-refractivity contribution >= 4 is 23.8 Å². The number of esters is 3. The average Bonchev–Trinajstić information content (AvgIpc) is 3.36. The Labute approximate surface area is 245 Å². The van der Waals surface area contributed by atoms with Gasteiger partial charge in [0.2, 0.25) is 5.91 Å². The SMILES string of the molecule is NC(=O)c1ccc(=O)n([C@@H]2O[C@H](COC(=O)c3ccccc3)[C@H](OC(=O)c3ccccc3)[C@@H]2OC(=O)c2ccccc2)c1. The number of nitrogens with two attached hydrogens (primary N) is 1. The maximum absolute atomic E-state index is 13.2. The van der Waals surface area contributed by atoms with Gasteiger partial charge in [-0.05, 0) is 42.5 Å². The number of hydrogen-bond donors (Lipinski definition) is 1. The summed E-state index contributed by atoms with van der Waals surface area (Å²) in [4.78, 5) is 64.1. The van der Waals surface area contributed by atoms with Gasteiger partial charge in [-0.15, -0.1) is 0 Å². The lowest BCUT2D eigenvalue weighted by Gasteiger charge is -2.25. The van der Waals surface area contributed by atoms with Gasteiger partial charge in [-0.1, -0.05) is 54.6 Å². The second-order valence-corrected chi connectivity index (χ2v) is 9.53. The van der Waals surface area contributed by atoms with E-state index in [0.29, 0.717) is 0 Å². The highest BCUT2D eigenvalue weighted by Gasteiger charge is 2.51. The second-order valence-electron chi connectivity index (χ2n) is 9.53. The van der Waals surface area contributed by atoms with Crippen molar-refractivity contribution in [3.63, 3.8) is 0 Å². The molecule has 2 N–H and O–H groups in total. The van der Waals surface area contributed by atoms with Gasteiger partial charge in [0, 0.05) is 12.3 Å². The van der Waals surface area contributed by atoms with Gasteiger partial charge in [0.1, 0.15) is 12.7 Å². The second kappa shape index (κ2) is 13.0. The van der Waals surface area contributed by atoms with E-state index in [1.807, 2.05) is 0 Å². The predicted octanol–water partition coefficient (Wildman–Crippen LogP) is 3.15. The van der Waals surface area contributed by atoms with E-state index in [4.69, 9.17) is 24.7 Å². The summed E-state index contributed by atoms with van der Waals surface area (Å²) in [5, 5.41) is 0. The molecule has 0 spiro atoms. The molecule has 3 aromatic carbocycles. The summed E-state index contributed by atoms with van der Waals surface area (Å²) < 4.78 is 24.3. The number of hydrogen-bond acceptors (Lipinski definition) is 9. The van der Waals surface area contributed by atoms with Gasteiger partial charge < -0.3 is 24.7 Å².